The van der Waals surface area contributed by atoms with Crippen LogP contribution in [-0.2, 0) is 14.6 Å². The van der Waals surface area contributed by atoms with E-state index >= 15 is 0 Å². The summed E-state index contributed by atoms with van der Waals surface area (Å²) in [7, 11) is -1.27. The molecular weight excluding hydrogens is 382 g/mol. The molecule has 2 aliphatic rings. The minimum atomic E-state index is -3.00. The number of hydrogen-bond donors (Lipinski definition) is 0. The molecule has 3 rings (SSSR count). The Balaban J connectivity index is 1.72. The fourth-order valence-corrected chi connectivity index (χ4v) is 7.15. The minimum absolute atomic E-state index is 0.0180. The SMILES string of the molecule is Cc1nc(SC(C)C(=O)N(C)C2CCS(=O)(=O)C2)n(C2CCCCC2)c1C. The van der Waals surface area contributed by atoms with Crippen LogP contribution in [0.3, 0.4) is 0 Å². The summed E-state index contributed by atoms with van der Waals surface area (Å²) in [5, 5.41) is 0.632. The molecular formula is C19H31N3O3S2. The van der Waals surface area contributed by atoms with E-state index in [0.29, 0.717) is 12.5 Å². The quantitative estimate of drug-likeness (QED) is 0.694. The highest BCUT2D eigenvalue weighted by molar-refractivity contribution is 8.00. The van der Waals surface area contributed by atoms with Gasteiger partial charge in [-0.1, -0.05) is 31.0 Å². The van der Waals surface area contributed by atoms with E-state index in [9.17, 15) is 13.2 Å². The number of aryl methyl sites for hydroxylation is 1. The molecule has 1 saturated heterocycles. The van der Waals surface area contributed by atoms with Crippen molar-refractivity contribution in [3.63, 3.8) is 0 Å². The summed E-state index contributed by atoms with van der Waals surface area (Å²) in [6, 6.07) is 0.273. The molecule has 6 nitrogen and oxygen atoms in total. The van der Waals surface area contributed by atoms with Crippen molar-refractivity contribution >= 4 is 27.5 Å². The summed E-state index contributed by atoms with van der Waals surface area (Å²) in [6.07, 6.45) is 6.68. The molecule has 1 aliphatic carbocycles. The van der Waals surface area contributed by atoms with Gasteiger partial charge in [-0.3, -0.25) is 4.79 Å². The van der Waals surface area contributed by atoms with Gasteiger partial charge in [0.25, 0.3) is 0 Å². The van der Waals surface area contributed by atoms with Gasteiger partial charge in [0, 0.05) is 24.8 Å². The lowest BCUT2D eigenvalue weighted by molar-refractivity contribution is -0.130. The average molecular weight is 414 g/mol. The van der Waals surface area contributed by atoms with Crippen molar-refractivity contribution in [2.24, 2.45) is 0 Å². The van der Waals surface area contributed by atoms with E-state index in [0.717, 1.165) is 10.9 Å². The maximum Gasteiger partial charge on any atom is 0.235 e. The van der Waals surface area contributed by atoms with Crippen LogP contribution in [-0.4, -0.2) is 58.6 Å². The Bertz CT molecular complexity index is 797. The summed E-state index contributed by atoms with van der Waals surface area (Å²) < 4.78 is 25.8. The van der Waals surface area contributed by atoms with Gasteiger partial charge in [0.2, 0.25) is 5.91 Å². The maximum absolute atomic E-state index is 12.9. The molecule has 1 aromatic rings. The maximum atomic E-state index is 12.9. The molecule has 152 valence electrons. The molecule has 0 radical (unpaired) electrons. The van der Waals surface area contributed by atoms with Gasteiger partial charge >= 0.3 is 0 Å². The van der Waals surface area contributed by atoms with E-state index in [2.05, 4.69) is 11.5 Å². The van der Waals surface area contributed by atoms with Crippen LogP contribution in [0.1, 0.15) is 62.9 Å². The number of rotatable bonds is 5. The van der Waals surface area contributed by atoms with Crippen LogP contribution in [0.5, 0.6) is 0 Å². The number of aromatic nitrogens is 2. The first-order valence-electron chi connectivity index (χ1n) is 9.89. The van der Waals surface area contributed by atoms with Gasteiger partial charge in [-0.2, -0.15) is 0 Å². The molecule has 27 heavy (non-hydrogen) atoms. The zero-order valence-electron chi connectivity index (χ0n) is 16.8. The van der Waals surface area contributed by atoms with E-state index in [4.69, 9.17) is 4.98 Å². The number of thioether (sulfide) groups is 1. The Morgan fingerprint density at radius 1 is 1.22 bits per heavy atom. The van der Waals surface area contributed by atoms with Gasteiger partial charge in [-0.25, -0.2) is 13.4 Å². The predicted octanol–water partition coefficient (Wildman–Crippen LogP) is 3.13. The van der Waals surface area contributed by atoms with Gasteiger partial charge in [0.1, 0.15) is 0 Å². The third-order valence-electron chi connectivity index (χ3n) is 6.03. The van der Waals surface area contributed by atoms with Gasteiger partial charge in [-0.05, 0) is 40.0 Å². The van der Waals surface area contributed by atoms with Crippen molar-refractivity contribution in [2.45, 2.75) is 81.8 Å². The Morgan fingerprint density at radius 2 is 1.89 bits per heavy atom. The standard InChI is InChI=1S/C19H31N3O3S2/c1-13-14(2)22(16-8-6-5-7-9-16)19(20-13)26-15(3)18(23)21(4)17-10-11-27(24,25)12-17/h15-17H,5-12H2,1-4H3. The van der Waals surface area contributed by atoms with Gasteiger partial charge in [-0.15, -0.1) is 0 Å². The number of hydrogen-bond acceptors (Lipinski definition) is 5. The third kappa shape index (κ3) is 4.53. The number of nitrogens with zero attached hydrogens (tertiary/aromatic N) is 3. The second kappa shape index (κ2) is 8.15. The summed E-state index contributed by atoms with van der Waals surface area (Å²) in [6.45, 7) is 6.04. The second-order valence-corrected chi connectivity index (χ2v) is 11.5. The lowest BCUT2D eigenvalue weighted by Gasteiger charge is -2.28. The average Bonchev–Trinajstić information content (AvgIpc) is 3.13. The topological polar surface area (TPSA) is 72.3 Å². The largest absolute Gasteiger partial charge is 0.341 e. The van der Waals surface area contributed by atoms with E-state index in [-0.39, 0.29) is 28.7 Å². The van der Waals surface area contributed by atoms with Crippen molar-refractivity contribution in [3.8, 4) is 0 Å². The number of carbonyl (C=O) groups is 1. The molecule has 0 spiro atoms. The fourth-order valence-electron chi connectivity index (χ4n) is 4.20. The van der Waals surface area contributed by atoms with Gasteiger partial charge in [0.15, 0.2) is 15.0 Å². The van der Waals surface area contributed by atoms with Crippen LogP contribution in [0.4, 0.5) is 0 Å². The van der Waals surface area contributed by atoms with Crippen molar-refractivity contribution in [3.05, 3.63) is 11.4 Å². The summed E-state index contributed by atoms with van der Waals surface area (Å²) in [5.41, 5.74) is 2.22. The molecule has 0 bridgehead atoms. The summed E-state index contributed by atoms with van der Waals surface area (Å²) >= 11 is 1.51. The second-order valence-electron chi connectivity index (χ2n) is 7.99. The summed E-state index contributed by atoms with van der Waals surface area (Å²) in [5.74, 6) is 0.249. The minimum Gasteiger partial charge on any atom is -0.341 e. The molecule has 2 atom stereocenters. The van der Waals surface area contributed by atoms with Crippen LogP contribution >= 0.6 is 11.8 Å². The summed E-state index contributed by atoms with van der Waals surface area (Å²) in [4.78, 5) is 19.3. The van der Waals surface area contributed by atoms with E-state index in [1.165, 1.54) is 49.6 Å². The van der Waals surface area contributed by atoms with Crippen molar-refractivity contribution in [1.82, 2.24) is 14.5 Å². The molecule has 2 fully saturated rings. The molecule has 1 amide bonds. The fraction of sp³-hybridized carbons (Fsp3) is 0.789. The molecule has 1 aliphatic heterocycles. The van der Waals surface area contributed by atoms with Crippen LogP contribution in [0.25, 0.3) is 0 Å². The molecule has 0 aromatic carbocycles. The van der Waals surface area contributed by atoms with Crippen molar-refractivity contribution in [1.29, 1.82) is 0 Å². The number of amides is 1. The van der Waals surface area contributed by atoms with E-state index < -0.39 is 9.84 Å². The molecule has 2 unspecified atom stereocenters. The van der Waals surface area contributed by atoms with Gasteiger partial charge < -0.3 is 9.47 Å². The highest BCUT2D eigenvalue weighted by Gasteiger charge is 2.35. The normalized spacial score (nSPS) is 24.1. The van der Waals surface area contributed by atoms with Crippen LogP contribution in [0, 0.1) is 13.8 Å². The Kier molecular flexibility index (Phi) is 6.25. The molecule has 2 heterocycles. The lowest BCUT2D eigenvalue weighted by Crippen LogP contribution is -2.41. The smallest absolute Gasteiger partial charge is 0.235 e. The Hall–Kier alpha value is -1.02. The third-order valence-corrected chi connectivity index (χ3v) is 8.83. The monoisotopic (exact) mass is 413 g/mol. The first-order valence-corrected chi connectivity index (χ1v) is 12.6. The number of imidazole rings is 1. The van der Waals surface area contributed by atoms with Crippen LogP contribution in [0.2, 0.25) is 0 Å². The predicted molar refractivity (Wildman–Crippen MR) is 109 cm³/mol. The number of carbonyl (C=O) groups excluding carboxylic acids is 1. The van der Waals surface area contributed by atoms with Gasteiger partial charge in [0.05, 0.1) is 22.4 Å². The first-order chi connectivity index (χ1) is 12.7. The Morgan fingerprint density at radius 3 is 2.48 bits per heavy atom. The Labute approximate surface area is 167 Å². The van der Waals surface area contributed by atoms with Crippen molar-refractivity contribution in [2.75, 3.05) is 18.6 Å². The molecule has 0 N–H and O–H groups in total. The zero-order valence-corrected chi connectivity index (χ0v) is 18.4. The van der Waals surface area contributed by atoms with Crippen LogP contribution < -0.4 is 0 Å². The number of sulfone groups is 1. The van der Waals surface area contributed by atoms with Crippen molar-refractivity contribution < 1.29 is 13.2 Å². The highest BCUT2D eigenvalue weighted by atomic mass is 32.2. The molecule has 1 saturated carbocycles. The first kappa shape index (κ1) is 20.7. The van der Waals surface area contributed by atoms with E-state index in [1.807, 2.05) is 13.8 Å². The van der Waals surface area contributed by atoms with Crippen LogP contribution in [0.15, 0.2) is 5.16 Å². The molecule has 8 heteroatoms. The van der Waals surface area contributed by atoms with E-state index in [1.54, 1.807) is 11.9 Å². The highest BCUT2D eigenvalue weighted by Crippen LogP contribution is 2.35. The lowest BCUT2D eigenvalue weighted by atomic mass is 9.95. The molecule has 1 aromatic heterocycles. The zero-order chi connectivity index (χ0) is 19.8.